The number of ether oxygens (including phenoxy) is 1. The van der Waals surface area contributed by atoms with Crippen molar-refractivity contribution >= 4 is 15.7 Å². The van der Waals surface area contributed by atoms with E-state index in [1.807, 2.05) is 4.90 Å². The molecule has 1 aromatic carbocycles. The third-order valence-electron chi connectivity index (χ3n) is 6.77. The van der Waals surface area contributed by atoms with Gasteiger partial charge in [-0.1, -0.05) is 18.2 Å². The highest BCUT2D eigenvalue weighted by molar-refractivity contribution is 7.90. The van der Waals surface area contributed by atoms with Crippen molar-refractivity contribution in [2.24, 2.45) is 11.3 Å². The number of carbonyl (C=O) groups excluding carboxylic acids is 1. The quantitative estimate of drug-likeness (QED) is 0.711. The standard InChI is InChI=1S/C23H30FN3O4S/c1-32(29,30)21-15-25-26-20(21)13-17-5-4-10-27(16-17)22(28)23(8-11-31-12-9-23)14-18-6-2-3-7-19(18)24/h2-3,6-7,15,17H,4-5,8-14,16H2,1H3,(H,25,26)/t17-/m1/s1. The average Bonchev–Trinajstić information content (AvgIpc) is 3.24. The van der Waals surface area contributed by atoms with Crippen molar-refractivity contribution in [3.8, 4) is 0 Å². The molecule has 2 aliphatic heterocycles. The normalized spacial score (nSPS) is 21.4. The first-order valence-electron chi connectivity index (χ1n) is 11.1. The molecular formula is C23H30FN3O4S. The van der Waals surface area contributed by atoms with E-state index in [-0.39, 0.29) is 22.5 Å². The van der Waals surface area contributed by atoms with Crippen LogP contribution in [0.3, 0.4) is 0 Å². The lowest BCUT2D eigenvalue weighted by atomic mass is 9.73. The van der Waals surface area contributed by atoms with Gasteiger partial charge < -0.3 is 9.64 Å². The predicted molar refractivity (Wildman–Crippen MR) is 117 cm³/mol. The Morgan fingerprint density at radius 1 is 1.31 bits per heavy atom. The van der Waals surface area contributed by atoms with E-state index in [4.69, 9.17) is 4.74 Å². The molecule has 0 saturated carbocycles. The number of amides is 1. The maximum atomic E-state index is 14.4. The minimum absolute atomic E-state index is 0.0571. The molecule has 2 saturated heterocycles. The van der Waals surface area contributed by atoms with Crippen LogP contribution in [0.2, 0.25) is 0 Å². The van der Waals surface area contributed by atoms with Gasteiger partial charge in [-0.05, 0) is 56.1 Å². The van der Waals surface area contributed by atoms with E-state index in [1.54, 1.807) is 18.2 Å². The molecule has 9 heteroatoms. The Bertz CT molecular complexity index is 1060. The summed E-state index contributed by atoms with van der Waals surface area (Å²) in [7, 11) is -3.36. The summed E-state index contributed by atoms with van der Waals surface area (Å²) >= 11 is 0. The van der Waals surface area contributed by atoms with Gasteiger partial charge in [0.25, 0.3) is 0 Å². The highest BCUT2D eigenvalue weighted by Crippen LogP contribution is 2.38. The molecule has 32 heavy (non-hydrogen) atoms. The van der Waals surface area contributed by atoms with Crippen molar-refractivity contribution in [3.63, 3.8) is 0 Å². The first-order chi connectivity index (χ1) is 15.3. The zero-order valence-electron chi connectivity index (χ0n) is 18.3. The topological polar surface area (TPSA) is 92.4 Å². The zero-order valence-corrected chi connectivity index (χ0v) is 19.2. The van der Waals surface area contributed by atoms with E-state index in [1.165, 1.54) is 18.5 Å². The third kappa shape index (κ3) is 4.88. The maximum absolute atomic E-state index is 14.4. The number of likely N-dealkylation sites (tertiary alicyclic amines) is 1. The van der Waals surface area contributed by atoms with Gasteiger partial charge in [-0.3, -0.25) is 9.89 Å². The van der Waals surface area contributed by atoms with E-state index in [9.17, 15) is 17.6 Å². The van der Waals surface area contributed by atoms with Gasteiger partial charge in [0.1, 0.15) is 10.7 Å². The monoisotopic (exact) mass is 463 g/mol. The molecule has 2 fully saturated rings. The van der Waals surface area contributed by atoms with Gasteiger partial charge in [0.15, 0.2) is 9.84 Å². The second-order valence-corrected chi connectivity index (χ2v) is 11.1. The predicted octanol–water partition coefficient (Wildman–Crippen LogP) is 2.77. The lowest BCUT2D eigenvalue weighted by molar-refractivity contribution is -0.150. The molecule has 0 spiro atoms. The van der Waals surface area contributed by atoms with Crippen molar-refractivity contribution in [2.45, 2.75) is 43.4 Å². The van der Waals surface area contributed by atoms with Gasteiger partial charge in [-0.2, -0.15) is 5.10 Å². The number of aromatic amines is 1. The molecular weight excluding hydrogens is 433 g/mol. The molecule has 4 rings (SSSR count). The van der Waals surface area contributed by atoms with Crippen molar-refractivity contribution in [3.05, 3.63) is 47.5 Å². The lowest BCUT2D eigenvalue weighted by Gasteiger charge is -2.42. The summed E-state index contributed by atoms with van der Waals surface area (Å²) in [5, 5.41) is 6.74. The SMILES string of the molecule is CS(=O)(=O)c1cn[nH]c1C[C@H]1CCCN(C(=O)C2(Cc3ccccc3F)CCOCC2)C1. The fourth-order valence-electron chi connectivity index (χ4n) is 5.04. The minimum Gasteiger partial charge on any atom is -0.381 e. The molecule has 1 amide bonds. The Hall–Kier alpha value is -2.26. The number of rotatable bonds is 6. The van der Waals surface area contributed by atoms with Crippen LogP contribution < -0.4 is 0 Å². The Labute approximate surface area is 188 Å². The number of aromatic nitrogens is 2. The Balaban J connectivity index is 1.52. The van der Waals surface area contributed by atoms with E-state index in [2.05, 4.69) is 10.2 Å². The molecule has 1 N–H and O–H groups in total. The van der Waals surface area contributed by atoms with Crippen LogP contribution in [0.4, 0.5) is 4.39 Å². The molecule has 3 heterocycles. The van der Waals surface area contributed by atoms with E-state index >= 15 is 0 Å². The fourth-order valence-corrected chi connectivity index (χ4v) is 5.86. The molecule has 2 aliphatic rings. The number of sulfone groups is 1. The van der Waals surface area contributed by atoms with Crippen molar-refractivity contribution in [2.75, 3.05) is 32.6 Å². The van der Waals surface area contributed by atoms with Gasteiger partial charge in [0.2, 0.25) is 5.91 Å². The number of H-pyrrole nitrogens is 1. The third-order valence-corrected chi connectivity index (χ3v) is 7.92. The van der Waals surface area contributed by atoms with Gasteiger partial charge in [-0.25, -0.2) is 12.8 Å². The van der Waals surface area contributed by atoms with E-state index < -0.39 is 15.3 Å². The molecule has 1 aromatic heterocycles. The van der Waals surface area contributed by atoms with Crippen LogP contribution in [0, 0.1) is 17.2 Å². The number of hydrogen-bond donors (Lipinski definition) is 1. The van der Waals surface area contributed by atoms with Gasteiger partial charge >= 0.3 is 0 Å². The lowest BCUT2D eigenvalue weighted by Crippen LogP contribution is -2.51. The average molecular weight is 464 g/mol. The van der Waals surface area contributed by atoms with Gasteiger partial charge in [-0.15, -0.1) is 0 Å². The van der Waals surface area contributed by atoms with Crippen molar-refractivity contribution < 1.29 is 22.3 Å². The molecule has 0 unspecified atom stereocenters. The number of nitrogens with zero attached hydrogens (tertiary/aromatic N) is 2. The molecule has 174 valence electrons. The van der Waals surface area contributed by atoms with Gasteiger partial charge in [0, 0.05) is 32.6 Å². The summed E-state index contributed by atoms with van der Waals surface area (Å²) < 4.78 is 44.0. The van der Waals surface area contributed by atoms with Crippen LogP contribution in [0.25, 0.3) is 0 Å². The molecule has 2 aromatic rings. The minimum atomic E-state index is -3.36. The first kappa shape index (κ1) is 22.9. The van der Waals surface area contributed by atoms with Crippen molar-refractivity contribution in [1.29, 1.82) is 0 Å². The fraction of sp³-hybridized carbons (Fsp3) is 0.565. The maximum Gasteiger partial charge on any atom is 0.229 e. The van der Waals surface area contributed by atoms with Gasteiger partial charge in [0.05, 0.1) is 17.3 Å². The number of nitrogens with one attached hydrogen (secondary N) is 1. The second kappa shape index (κ2) is 9.31. The number of carbonyl (C=O) groups is 1. The Morgan fingerprint density at radius 2 is 2.06 bits per heavy atom. The second-order valence-electron chi connectivity index (χ2n) is 9.11. The summed E-state index contributed by atoms with van der Waals surface area (Å²) in [4.78, 5) is 15.9. The van der Waals surface area contributed by atoms with Crippen LogP contribution >= 0.6 is 0 Å². The molecule has 0 radical (unpaired) electrons. The molecule has 1 atom stereocenters. The number of benzene rings is 1. The van der Waals surface area contributed by atoms with Crippen LogP contribution in [0.15, 0.2) is 35.4 Å². The first-order valence-corrected chi connectivity index (χ1v) is 13.0. The van der Waals surface area contributed by atoms with Crippen LogP contribution in [0.5, 0.6) is 0 Å². The summed E-state index contributed by atoms with van der Waals surface area (Å²) in [6.07, 6.45) is 6.32. The van der Waals surface area contributed by atoms with Crippen LogP contribution in [0.1, 0.15) is 36.9 Å². The highest BCUT2D eigenvalue weighted by Gasteiger charge is 2.44. The summed E-state index contributed by atoms with van der Waals surface area (Å²) in [5.74, 6) is -0.0871. The number of piperidine rings is 1. The Morgan fingerprint density at radius 3 is 2.78 bits per heavy atom. The molecule has 0 bridgehead atoms. The smallest absolute Gasteiger partial charge is 0.229 e. The van der Waals surface area contributed by atoms with E-state index in [0.717, 1.165) is 12.8 Å². The van der Waals surface area contributed by atoms with Crippen LogP contribution in [-0.2, 0) is 32.2 Å². The summed E-state index contributed by atoms with van der Waals surface area (Å²) in [6, 6.07) is 6.65. The zero-order chi connectivity index (χ0) is 22.8. The summed E-state index contributed by atoms with van der Waals surface area (Å²) in [6.45, 7) is 2.20. The molecule has 0 aliphatic carbocycles. The molecule has 7 nitrogen and oxygen atoms in total. The number of halogens is 1. The van der Waals surface area contributed by atoms with E-state index in [0.29, 0.717) is 63.2 Å². The highest BCUT2D eigenvalue weighted by atomic mass is 32.2. The van der Waals surface area contributed by atoms with Crippen molar-refractivity contribution in [1.82, 2.24) is 15.1 Å². The largest absolute Gasteiger partial charge is 0.381 e. The Kier molecular flexibility index (Phi) is 6.67. The number of hydrogen-bond acceptors (Lipinski definition) is 5. The summed E-state index contributed by atoms with van der Waals surface area (Å²) in [5.41, 5.74) is 0.485. The van der Waals surface area contributed by atoms with Crippen LogP contribution in [-0.4, -0.2) is 62.0 Å².